The van der Waals surface area contributed by atoms with E-state index in [-0.39, 0.29) is 6.54 Å². The minimum absolute atomic E-state index is 0.0424. The number of aliphatic carboxylic acids is 1. The summed E-state index contributed by atoms with van der Waals surface area (Å²) in [4.78, 5) is 16.5. The van der Waals surface area contributed by atoms with Crippen LogP contribution in [0, 0.1) is 0 Å². The quantitative estimate of drug-likeness (QED) is 0.724. The van der Waals surface area contributed by atoms with Gasteiger partial charge in [-0.15, -0.1) is 0 Å². The van der Waals surface area contributed by atoms with Crippen molar-refractivity contribution < 1.29 is 9.90 Å². The number of carboxylic acid groups (broad SMARTS) is 1. The third-order valence-corrected chi connectivity index (χ3v) is 2.07. The van der Waals surface area contributed by atoms with Crippen molar-refractivity contribution in [3.05, 3.63) is 12.2 Å². The van der Waals surface area contributed by atoms with Gasteiger partial charge in [0.15, 0.2) is 0 Å². The molecule has 6 heteroatoms. The van der Waals surface area contributed by atoms with E-state index in [1.165, 1.54) is 6.33 Å². The van der Waals surface area contributed by atoms with Crippen LogP contribution in [0.15, 0.2) is 6.33 Å². The number of nitrogens with zero attached hydrogens (tertiary/aromatic N) is 4. The molecule has 0 amide bonds. The highest BCUT2D eigenvalue weighted by Gasteiger charge is 2.11. The van der Waals surface area contributed by atoms with Gasteiger partial charge in [-0.2, -0.15) is 5.10 Å². The van der Waals surface area contributed by atoms with Crippen LogP contribution < -0.4 is 0 Å². The number of carbonyl (C=O) groups is 1. The average molecular weight is 212 g/mol. The maximum Gasteiger partial charge on any atom is 0.317 e. The lowest BCUT2D eigenvalue weighted by atomic mass is 10.4. The van der Waals surface area contributed by atoms with E-state index in [0.717, 1.165) is 18.8 Å². The Balaban J connectivity index is 2.58. The number of aryl methyl sites for hydroxylation is 1. The van der Waals surface area contributed by atoms with E-state index in [1.54, 1.807) is 11.7 Å². The molecule has 1 aromatic heterocycles. The van der Waals surface area contributed by atoms with Gasteiger partial charge < -0.3 is 5.11 Å². The molecule has 84 valence electrons. The molecule has 0 saturated heterocycles. The van der Waals surface area contributed by atoms with E-state index >= 15 is 0 Å². The number of hydrogen-bond donors (Lipinski definition) is 1. The van der Waals surface area contributed by atoms with Crippen molar-refractivity contribution in [1.82, 2.24) is 19.7 Å². The van der Waals surface area contributed by atoms with Gasteiger partial charge in [0, 0.05) is 7.05 Å². The zero-order valence-corrected chi connectivity index (χ0v) is 9.05. The fraction of sp³-hybridized carbons (Fsp3) is 0.667. The molecule has 1 N–H and O–H groups in total. The summed E-state index contributed by atoms with van der Waals surface area (Å²) < 4.78 is 1.66. The molecule has 0 aromatic carbocycles. The standard InChI is InChI=1S/C9H16N4O2/c1-3-4-13(6-9(14)15)5-8-10-7-11-12(8)2/h7H,3-6H2,1-2H3,(H,14,15). The summed E-state index contributed by atoms with van der Waals surface area (Å²) >= 11 is 0. The Morgan fingerprint density at radius 1 is 1.67 bits per heavy atom. The van der Waals surface area contributed by atoms with Crippen molar-refractivity contribution in [2.24, 2.45) is 7.05 Å². The summed E-state index contributed by atoms with van der Waals surface area (Å²) in [6, 6.07) is 0. The minimum atomic E-state index is -0.814. The van der Waals surface area contributed by atoms with E-state index in [9.17, 15) is 4.79 Å². The molecular formula is C9H16N4O2. The van der Waals surface area contributed by atoms with Crippen LogP contribution in [-0.2, 0) is 18.4 Å². The molecule has 0 aliphatic carbocycles. The van der Waals surface area contributed by atoms with Gasteiger partial charge in [-0.25, -0.2) is 4.98 Å². The Labute approximate surface area is 88.5 Å². The minimum Gasteiger partial charge on any atom is -0.480 e. The van der Waals surface area contributed by atoms with Crippen LogP contribution in [0.1, 0.15) is 19.2 Å². The smallest absolute Gasteiger partial charge is 0.317 e. The molecule has 0 bridgehead atoms. The molecule has 0 atom stereocenters. The lowest BCUT2D eigenvalue weighted by Crippen LogP contribution is -2.31. The molecule has 0 aliphatic heterocycles. The Bertz CT molecular complexity index is 324. The van der Waals surface area contributed by atoms with Crippen molar-refractivity contribution in [3.63, 3.8) is 0 Å². The SMILES string of the molecule is CCCN(CC(=O)O)Cc1ncnn1C. The Morgan fingerprint density at radius 3 is 2.87 bits per heavy atom. The lowest BCUT2D eigenvalue weighted by molar-refractivity contribution is -0.138. The van der Waals surface area contributed by atoms with E-state index in [2.05, 4.69) is 10.1 Å². The van der Waals surface area contributed by atoms with E-state index in [1.807, 2.05) is 11.8 Å². The molecule has 0 spiro atoms. The third kappa shape index (κ3) is 3.67. The molecule has 0 radical (unpaired) electrons. The van der Waals surface area contributed by atoms with Gasteiger partial charge in [0.25, 0.3) is 0 Å². The predicted octanol–water partition coefficient (Wildman–Crippen LogP) is 0.112. The summed E-state index contributed by atoms with van der Waals surface area (Å²) in [5.74, 6) is -0.0321. The first-order chi connectivity index (χ1) is 7.13. The first-order valence-electron chi connectivity index (χ1n) is 4.90. The van der Waals surface area contributed by atoms with Crippen LogP contribution in [0.3, 0.4) is 0 Å². The first kappa shape index (κ1) is 11.6. The summed E-state index contributed by atoms with van der Waals surface area (Å²) in [7, 11) is 1.80. The highest BCUT2D eigenvalue weighted by atomic mass is 16.4. The van der Waals surface area contributed by atoms with Crippen LogP contribution in [0.5, 0.6) is 0 Å². The van der Waals surface area contributed by atoms with Crippen molar-refractivity contribution >= 4 is 5.97 Å². The van der Waals surface area contributed by atoms with Gasteiger partial charge in [-0.3, -0.25) is 14.4 Å². The Morgan fingerprint density at radius 2 is 2.40 bits per heavy atom. The fourth-order valence-corrected chi connectivity index (χ4v) is 1.38. The summed E-state index contributed by atoms with van der Waals surface area (Å²) in [6.07, 6.45) is 2.39. The van der Waals surface area contributed by atoms with Crippen LogP contribution in [0.25, 0.3) is 0 Å². The summed E-state index contributed by atoms with van der Waals surface area (Å²) in [6.45, 7) is 3.34. The van der Waals surface area contributed by atoms with Gasteiger partial charge in [-0.05, 0) is 13.0 Å². The van der Waals surface area contributed by atoms with Gasteiger partial charge in [-0.1, -0.05) is 6.92 Å². The molecule has 0 saturated carbocycles. The highest BCUT2D eigenvalue weighted by Crippen LogP contribution is 2.00. The summed E-state index contributed by atoms with van der Waals surface area (Å²) in [5.41, 5.74) is 0. The van der Waals surface area contributed by atoms with Crippen molar-refractivity contribution in [1.29, 1.82) is 0 Å². The zero-order chi connectivity index (χ0) is 11.3. The van der Waals surface area contributed by atoms with Crippen molar-refractivity contribution in [2.75, 3.05) is 13.1 Å². The van der Waals surface area contributed by atoms with Crippen LogP contribution >= 0.6 is 0 Å². The molecular weight excluding hydrogens is 196 g/mol. The second kappa shape index (κ2) is 5.45. The third-order valence-electron chi connectivity index (χ3n) is 2.07. The van der Waals surface area contributed by atoms with Crippen LogP contribution in [-0.4, -0.2) is 43.8 Å². The van der Waals surface area contributed by atoms with Crippen molar-refractivity contribution in [3.8, 4) is 0 Å². The van der Waals surface area contributed by atoms with E-state index in [4.69, 9.17) is 5.11 Å². The molecule has 15 heavy (non-hydrogen) atoms. The number of rotatable bonds is 6. The largest absolute Gasteiger partial charge is 0.480 e. The maximum absolute atomic E-state index is 10.6. The fourth-order valence-electron chi connectivity index (χ4n) is 1.38. The molecule has 0 fully saturated rings. The second-order valence-corrected chi connectivity index (χ2v) is 3.40. The molecule has 1 heterocycles. The zero-order valence-electron chi connectivity index (χ0n) is 9.05. The first-order valence-corrected chi connectivity index (χ1v) is 4.90. The molecule has 1 aromatic rings. The monoisotopic (exact) mass is 212 g/mol. The lowest BCUT2D eigenvalue weighted by Gasteiger charge is -2.18. The Hall–Kier alpha value is -1.43. The van der Waals surface area contributed by atoms with Gasteiger partial charge in [0.1, 0.15) is 12.2 Å². The maximum atomic E-state index is 10.6. The number of carboxylic acids is 1. The van der Waals surface area contributed by atoms with Gasteiger partial charge in [0.2, 0.25) is 0 Å². The Kier molecular flexibility index (Phi) is 4.23. The molecule has 6 nitrogen and oxygen atoms in total. The normalized spacial score (nSPS) is 10.9. The number of hydrogen-bond acceptors (Lipinski definition) is 4. The van der Waals surface area contributed by atoms with Gasteiger partial charge in [0.05, 0.1) is 13.1 Å². The molecule has 0 aliphatic rings. The molecule has 0 unspecified atom stereocenters. The second-order valence-electron chi connectivity index (χ2n) is 3.40. The average Bonchev–Trinajstić information content (AvgIpc) is 2.51. The predicted molar refractivity (Wildman–Crippen MR) is 54.2 cm³/mol. The number of aromatic nitrogens is 3. The van der Waals surface area contributed by atoms with Crippen LogP contribution in [0.4, 0.5) is 0 Å². The van der Waals surface area contributed by atoms with E-state index in [0.29, 0.717) is 6.54 Å². The summed E-state index contributed by atoms with van der Waals surface area (Å²) in [5, 5.41) is 12.7. The van der Waals surface area contributed by atoms with E-state index < -0.39 is 5.97 Å². The van der Waals surface area contributed by atoms with Crippen LogP contribution in [0.2, 0.25) is 0 Å². The highest BCUT2D eigenvalue weighted by molar-refractivity contribution is 5.69. The topological polar surface area (TPSA) is 71.2 Å². The molecule has 1 rings (SSSR count). The van der Waals surface area contributed by atoms with Crippen molar-refractivity contribution in [2.45, 2.75) is 19.9 Å². The van der Waals surface area contributed by atoms with Gasteiger partial charge >= 0.3 is 5.97 Å².